The minimum Gasteiger partial charge on any atom is -0.326 e. The van der Waals surface area contributed by atoms with Crippen molar-refractivity contribution >= 4 is 81.4 Å². The van der Waals surface area contributed by atoms with Gasteiger partial charge in [0, 0.05) is 28.1 Å². The second kappa shape index (κ2) is 9.51. The third-order valence-electron chi connectivity index (χ3n) is 5.54. The maximum absolute atomic E-state index is 12.9. The van der Waals surface area contributed by atoms with Crippen LogP contribution in [0.4, 0.5) is 5.69 Å². The number of anilines is 1. The van der Waals surface area contributed by atoms with Crippen molar-refractivity contribution in [2.24, 2.45) is 11.8 Å². The Hall–Kier alpha value is -1.70. The van der Waals surface area contributed by atoms with Gasteiger partial charge in [0.25, 0.3) is 5.91 Å². The average Bonchev–Trinajstić information content (AvgIpc) is 3.63. The molecule has 2 saturated carbocycles. The highest BCUT2D eigenvalue weighted by molar-refractivity contribution is 6.53. The fourth-order valence-corrected chi connectivity index (χ4v) is 5.22. The Morgan fingerprint density at radius 3 is 2.24 bits per heavy atom. The molecule has 2 fully saturated rings. The molecule has 11 heteroatoms. The molecule has 0 bridgehead atoms. The number of hydrogen-bond acceptors (Lipinski definition) is 3. The summed E-state index contributed by atoms with van der Waals surface area (Å²) in [4.78, 5) is 37.2. The number of carbonyl (C=O) groups excluding carboxylic acids is 3. The van der Waals surface area contributed by atoms with Crippen molar-refractivity contribution < 1.29 is 14.4 Å². The van der Waals surface area contributed by atoms with Crippen LogP contribution in [-0.4, -0.2) is 22.1 Å². The van der Waals surface area contributed by atoms with Gasteiger partial charge in [-0.2, -0.15) is 0 Å². The van der Waals surface area contributed by atoms with Gasteiger partial charge in [-0.1, -0.05) is 34.8 Å². The summed E-state index contributed by atoms with van der Waals surface area (Å²) >= 11 is 31.0. The van der Waals surface area contributed by atoms with Crippen molar-refractivity contribution in [2.45, 2.75) is 29.5 Å². The monoisotopic (exact) mass is 547 g/mol. The first-order valence-corrected chi connectivity index (χ1v) is 12.0. The van der Waals surface area contributed by atoms with E-state index in [-0.39, 0.29) is 16.5 Å². The summed E-state index contributed by atoms with van der Waals surface area (Å²) in [6, 6.07) is 9.30. The molecule has 0 heterocycles. The topological polar surface area (TPSA) is 87.3 Å². The van der Waals surface area contributed by atoms with Gasteiger partial charge in [0.2, 0.25) is 11.8 Å². The highest BCUT2D eigenvalue weighted by atomic mass is 35.5. The molecule has 0 saturated heterocycles. The van der Waals surface area contributed by atoms with Crippen molar-refractivity contribution in [3.8, 4) is 0 Å². The highest BCUT2D eigenvalue weighted by Crippen LogP contribution is 2.65. The number of benzene rings is 2. The van der Waals surface area contributed by atoms with E-state index in [0.29, 0.717) is 33.6 Å². The Labute approximate surface area is 215 Å². The van der Waals surface area contributed by atoms with Gasteiger partial charge in [0.1, 0.15) is 4.33 Å². The minimum atomic E-state index is -1.34. The van der Waals surface area contributed by atoms with Crippen molar-refractivity contribution in [2.75, 3.05) is 5.32 Å². The van der Waals surface area contributed by atoms with E-state index in [1.54, 1.807) is 24.3 Å². The van der Waals surface area contributed by atoms with E-state index < -0.39 is 28.0 Å². The maximum Gasteiger partial charge on any atom is 0.271 e. The van der Waals surface area contributed by atoms with Crippen LogP contribution < -0.4 is 16.2 Å². The van der Waals surface area contributed by atoms with Crippen LogP contribution in [0, 0.1) is 11.8 Å². The number of alkyl halides is 2. The van der Waals surface area contributed by atoms with E-state index in [4.69, 9.17) is 58.0 Å². The number of rotatable bonds is 6. The summed E-state index contributed by atoms with van der Waals surface area (Å²) in [5.74, 6) is -2.20. The Morgan fingerprint density at radius 2 is 1.61 bits per heavy atom. The molecular formula is C22H18Cl5N3O3. The quantitative estimate of drug-likeness (QED) is 0.318. The SMILES string of the molecule is O=C(CC1CC1)NNC(=O)c1cc(NC(=O)C2C(c3cc(Cl)cc(Cl)c3)C2(Cl)Cl)ccc1Cl. The lowest BCUT2D eigenvalue weighted by Gasteiger charge is -2.11. The van der Waals surface area contributed by atoms with E-state index in [1.807, 2.05) is 0 Å². The second-order valence-electron chi connectivity index (χ2n) is 8.17. The molecule has 0 radical (unpaired) electrons. The summed E-state index contributed by atoms with van der Waals surface area (Å²) in [6.45, 7) is 0. The molecule has 2 aliphatic carbocycles. The predicted octanol–water partition coefficient (Wildman–Crippen LogP) is 5.73. The number of hydrogen-bond donors (Lipinski definition) is 3. The molecule has 2 aromatic carbocycles. The molecule has 3 amide bonds. The van der Waals surface area contributed by atoms with Gasteiger partial charge in [-0.05, 0) is 60.7 Å². The van der Waals surface area contributed by atoms with Crippen LogP contribution in [0.1, 0.15) is 41.1 Å². The highest BCUT2D eigenvalue weighted by Gasteiger charge is 2.67. The third kappa shape index (κ3) is 5.69. The van der Waals surface area contributed by atoms with Crippen molar-refractivity contribution in [1.29, 1.82) is 0 Å². The van der Waals surface area contributed by atoms with Crippen LogP contribution >= 0.6 is 58.0 Å². The summed E-state index contributed by atoms with van der Waals surface area (Å²) in [5, 5.41) is 3.68. The van der Waals surface area contributed by atoms with Crippen molar-refractivity contribution in [1.82, 2.24) is 10.9 Å². The van der Waals surface area contributed by atoms with Crippen molar-refractivity contribution in [3.63, 3.8) is 0 Å². The van der Waals surface area contributed by atoms with Crippen LogP contribution in [-0.2, 0) is 9.59 Å². The zero-order chi connectivity index (χ0) is 23.9. The van der Waals surface area contributed by atoms with Crippen molar-refractivity contribution in [3.05, 3.63) is 62.6 Å². The van der Waals surface area contributed by atoms with E-state index in [9.17, 15) is 14.4 Å². The van der Waals surface area contributed by atoms with Crippen LogP contribution in [0.3, 0.4) is 0 Å². The summed E-state index contributed by atoms with van der Waals surface area (Å²) in [5.41, 5.74) is 5.76. The molecule has 6 nitrogen and oxygen atoms in total. The first kappa shape index (κ1) is 24.4. The molecule has 0 aliphatic heterocycles. The van der Waals surface area contributed by atoms with Gasteiger partial charge in [-0.3, -0.25) is 25.2 Å². The first-order valence-electron chi connectivity index (χ1n) is 10.1. The molecule has 174 valence electrons. The maximum atomic E-state index is 12.9. The number of nitrogens with one attached hydrogen (secondary N) is 3. The van der Waals surface area contributed by atoms with Crippen LogP contribution in [0.25, 0.3) is 0 Å². The molecule has 3 N–H and O–H groups in total. The Balaban J connectivity index is 1.42. The normalized spacial score (nSPS) is 20.6. The summed E-state index contributed by atoms with van der Waals surface area (Å²) in [6.07, 6.45) is 2.41. The van der Waals surface area contributed by atoms with E-state index in [2.05, 4.69) is 16.2 Å². The lowest BCUT2D eigenvalue weighted by Crippen LogP contribution is -2.41. The summed E-state index contributed by atoms with van der Waals surface area (Å²) in [7, 11) is 0. The smallest absolute Gasteiger partial charge is 0.271 e. The Bertz CT molecular complexity index is 1120. The molecule has 2 atom stereocenters. The second-order valence-corrected chi connectivity index (χ2v) is 10.9. The Kier molecular flexibility index (Phi) is 7.04. The molecule has 2 aliphatic rings. The van der Waals surface area contributed by atoms with Crippen LogP contribution in [0.15, 0.2) is 36.4 Å². The summed E-state index contributed by atoms with van der Waals surface area (Å²) < 4.78 is -1.34. The lowest BCUT2D eigenvalue weighted by molar-refractivity contribution is -0.122. The van der Waals surface area contributed by atoms with E-state index in [1.165, 1.54) is 12.1 Å². The number of carbonyl (C=O) groups is 3. The predicted molar refractivity (Wildman–Crippen MR) is 130 cm³/mol. The number of halogens is 5. The van der Waals surface area contributed by atoms with E-state index >= 15 is 0 Å². The fourth-order valence-electron chi connectivity index (χ4n) is 3.65. The standard InChI is InChI=1S/C22H18Cl5N3O3/c23-12-6-11(7-13(24)8-12)18-19(22(18,26)27)21(33)28-14-3-4-16(25)15(9-14)20(32)30-29-17(31)5-10-1-2-10/h3-4,6-10,18-19H,1-2,5H2,(H,28,33)(H,29,31)(H,30,32). The molecule has 2 aromatic rings. The lowest BCUT2D eigenvalue weighted by atomic mass is 10.1. The Morgan fingerprint density at radius 1 is 0.939 bits per heavy atom. The number of amides is 3. The largest absolute Gasteiger partial charge is 0.326 e. The van der Waals surface area contributed by atoms with Gasteiger partial charge in [-0.15, -0.1) is 23.2 Å². The van der Waals surface area contributed by atoms with Gasteiger partial charge in [0.15, 0.2) is 0 Å². The molecule has 0 aromatic heterocycles. The van der Waals surface area contributed by atoms with Crippen LogP contribution in [0.2, 0.25) is 15.1 Å². The van der Waals surface area contributed by atoms with Gasteiger partial charge >= 0.3 is 0 Å². The molecular weight excluding hydrogens is 532 g/mol. The molecule has 0 spiro atoms. The average molecular weight is 550 g/mol. The fraction of sp³-hybridized carbons (Fsp3) is 0.318. The van der Waals surface area contributed by atoms with Gasteiger partial charge < -0.3 is 5.32 Å². The molecule has 4 rings (SSSR count). The molecule has 33 heavy (non-hydrogen) atoms. The minimum absolute atomic E-state index is 0.0816. The molecule has 2 unspecified atom stereocenters. The number of hydrazine groups is 1. The van der Waals surface area contributed by atoms with Gasteiger partial charge in [0.05, 0.1) is 16.5 Å². The van der Waals surface area contributed by atoms with Gasteiger partial charge in [-0.25, -0.2) is 0 Å². The third-order valence-corrected chi connectivity index (χ3v) is 7.25. The first-order chi connectivity index (χ1) is 15.6. The van der Waals surface area contributed by atoms with E-state index in [0.717, 1.165) is 12.8 Å². The zero-order valence-electron chi connectivity index (χ0n) is 16.9. The van der Waals surface area contributed by atoms with Crippen LogP contribution in [0.5, 0.6) is 0 Å². The zero-order valence-corrected chi connectivity index (χ0v) is 20.7.